The zero-order valence-electron chi connectivity index (χ0n) is 9.25. The number of hydrogen-bond acceptors (Lipinski definition) is 4. The van der Waals surface area contributed by atoms with Crippen molar-refractivity contribution in [3.8, 4) is 0 Å². The van der Waals surface area contributed by atoms with Crippen LogP contribution < -0.4 is 5.32 Å². The van der Waals surface area contributed by atoms with Gasteiger partial charge in [-0.25, -0.2) is 4.79 Å². The quantitative estimate of drug-likeness (QED) is 0.623. The van der Waals surface area contributed by atoms with Gasteiger partial charge in [-0.2, -0.15) is 0 Å². The number of nitro benzene ring substituents is 1. The Morgan fingerprint density at radius 1 is 1.39 bits per heavy atom. The van der Waals surface area contributed by atoms with E-state index in [0.29, 0.717) is 0 Å². The van der Waals surface area contributed by atoms with E-state index in [2.05, 4.69) is 5.32 Å². The van der Waals surface area contributed by atoms with Gasteiger partial charge in [-0.15, -0.1) is 0 Å². The first-order valence-electron chi connectivity index (χ1n) is 5.31. The predicted molar refractivity (Wildman–Crippen MR) is 61.4 cm³/mol. The second-order valence-corrected chi connectivity index (χ2v) is 4.06. The van der Waals surface area contributed by atoms with Crippen LogP contribution in [0.3, 0.4) is 0 Å². The third kappa shape index (κ3) is 2.45. The molecule has 1 fully saturated rings. The summed E-state index contributed by atoms with van der Waals surface area (Å²) in [7, 11) is 0. The van der Waals surface area contributed by atoms with Gasteiger partial charge in [0.15, 0.2) is 0 Å². The Kier molecular flexibility index (Phi) is 2.97. The normalized spacial score (nSPS) is 14.0. The molecule has 94 valence electrons. The number of carbonyl (C=O) groups excluding carboxylic acids is 1. The maximum absolute atomic E-state index is 11.5. The molecule has 0 saturated heterocycles. The standard InChI is InChI=1S/C11H10N2O5/c14-10(6-1-2-6)12-9-4-3-7(13(17)18)5-8(9)11(15)16/h3-6H,1-2H2,(H,12,14)(H,15,16). The Balaban J connectivity index is 2.30. The molecule has 0 radical (unpaired) electrons. The summed E-state index contributed by atoms with van der Waals surface area (Å²) in [5.41, 5.74) is -0.514. The van der Waals surface area contributed by atoms with E-state index in [9.17, 15) is 19.7 Å². The molecule has 2 N–H and O–H groups in total. The van der Waals surface area contributed by atoms with Crippen molar-refractivity contribution in [2.75, 3.05) is 5.32 Å². The van der Waals surface area contributed by atoms with Gasteiger partial charge in [0.2, 0.25) is 5.91 Å². The SMILES string of the molecule is O=C(O)c1cc([N+](=O)[O-])ccc1NC(=O)C1CC1. The second-order valence-electron chi connectivity index (χ2n) is 4.06. The molecule has 0 spiro atoms. The van der Waals surface area contributed by atoms with E-state index in [0.717, 1.165) is 25.0 Å². The fourth-order valence-electron chi connectivity index (χ4n) is 1.51. The summed E-state index contributed by atoms with van der Waals surface area (Å²) in [6.45, 7) is 0. The van der Waals surface area contributed by atoms with Gasteiger partial charge in [0.25, 0.3) is 5.69 Å². The molecule has 1 amide bonds. The van der Waals surface area contributed by atoms with Crippen LogP contribution in [-0.2, 0) is 4.79 Å². The number of benzene rings is 1. The Labute approximate surface area is 102 Å². The summed E-state index contributed by atoms with van der Waals surface area (Å²) in [5, 5.41) is 22.0. The highest BCUT2D eigenvalue weighted by molar-refractivity contribution is 6.02. The van der Waals surface area contributed by atoms with Crippen LogP contribution in [0.15, 0.2) is 18.2 Å². The Bertz CT molecular complexity index is 536. The second kappa shape index (κ2) is 4.44. The highest BCUT2D eigenvalue weighted by Gasteiger charge is 2.30. The van der Waals surface area contributed by atoms with E-state index in [1.54, 1.807) is 0 Å². The highest BCUT2D eigenvalue weighted by Crippen LogP contribution is 2.31. The van der Waals surface area contributed by atoms with Gasteiger partial charge in [0.05, 0.1) is 16.2 Å². The van der Waals surface area contributed by atoms with E-state index in [1.807, 2.05) is 0 Å². The van der Waals surface area contributed by atoms with Crippen LogP contribution in [0.1, 0.15) is 23.2 Å². The lowest BCUT2D eigenvalue weighted by Crippen LogP contribution is -2.16. The molecule has 1 saturated carbocycles. The topological polar surface area (TPSA) is 110 Å². The predicted octanol–water partition coefficient (Wildman–Crippen LogP) is 1.64. The average molecular weight is 250 g/mol. The first-order valence-corrected chi connectivity index (χ1v) is 5.31. The number of nitrogens with zero attached hydrogens (tertiary/aromatic N) is 1. The lowest BCUT2D eigenvalue weighted by Gasteiger charge is -2.07. The van der Waals surface area contributed by atoms with E-state index >= 15 is 0 Å². The largest absolute Gasteiger partial charge is 0.478 e. The van der Waals surface area contributed by atoms with Crippen molar-refractivity contribution in [2.24, 2.45) is 5.92 Å². The first kappa shape index (κ1) is 12.0. The summed E-state index contributed by atoms with van der Waals surface area (Å²) in [6.07, 6.45) is 1.59. The van der Waals surface area contributed by atoms with Crippen molar-refractivity contribution in [1.82, 2.24) is 0 Å². The average Bonchev–Trinajstić information content (AvgIpc) is 3.12. The lowest BCUT2D eigenvalue weighted by molar-refractivity contribution is -0.384. The number of aromatic carboxylic acids is 1. The number of hydrogen-bond donors (Lipinski definition) is 2. The van der Waals surface area contributed by atoms with Crippen molar-refractivity contribution in [3.63, 3.8) is 0 Å². The van der Waals surface area contributed by atoms with Gasteiger partial charge in [-0.3, -0.25) is 14.9 Å². The zero-order chi connectivity index (χ0) is 13.3. The minimum absolute atomic E-state index is 0.0677. The van der Waals surface area contributed by atoms with E-state index in [-0.39, 0.29) is 28.8 Å². The molecule has 0 heterocycles. The molecule has 0 aliphatic heterocycles. The van der Waals surface area contributed by atoms with Crippen LogP contribution >= 0.6 is 0 Å². The molecule has 1 aromatic rings. The minimum Gasteiger partial charge on any atom is -0.478 e. The third-order valence-corrected chi connectivity index (χ3v) is 2.65. The molecule has 0 bridgehead atoms. The number of non-ortho nitro benzene ring substituents is 1. The molecule has 0 aromatic heterocycles. The molecule has 7 heteroatoms. The fraction of sp³-hybridized carbons (Fsp3) is 0.273. The van der Waals surface area contributed by atoms with Crippen LogP contribution in [0.2, 0.25) is 0 Å². The number of amides is 1. The van der Waals surface area contributed by atoms with Gasteiger partial charge >= 0.3 is 5.97 Å². The van der Waals surface area contributed by atoms with Crippen LogP contribution in [-0.4, -0.2) is 21.9 Å². The summed E-state index contributed by atoms with van der Waals surface area (Å²) in [6, 6.07) is 3.33. The van der Waals surface area contributed by atoms with E-state index < -0.39 is 10.9 Å². The number of carbonyl (C=O) groups is 2. The van der Waals surface area contributed by atoms with Crippen LogP contribution in [0.4, 0.5) is 11.4 Å². The molecule has 1 aliphatic carbocycles. The number of carboxylic acid groups (broad SMARTS) is 1. The summed E-state index contributed by atoms with van der Waals surface area (Å²) < 4.78 is 0. The monoisotopic (exact) mass is 250 g/mol. The zero-order valence-corrected chi connectivity index (χ0v) is 9.25. The Morgan fingerprint density at radius 3 is 2.56 bits per heavy atom. The number of anilines is 1. The van der Waals surface area contributed by atoms with Crippen molar-refractivity contribution in [1.29, 1.82) is 0 Å². The Morgan fingerprint density at radius 2 is 2.06 bits per heavy atom. The summed E-state index contributed by atoms with van der Waals surface area (Å²) in [4.78, 5) is 32.4. The van der Waals surface area contributed by atoms with Gasteiger partial charge in [0.1, 0.15) is 0 Å². The molecule has 0 atom stereocenters. The molecular weight excluding hydrogens is 240 g/mol. The molecule has 18 heavy (non-hydrogen) atoms. The van der Waals surface area contributed by atoms with E-state index in [1.165, 1.54) is 6.07 Å². The minimum atomic E-state index is -1.32. The molecule has 7 nitrogen and oxygen atoms in total. The lowest BCUT2D eigenvalue weighted by atomic mass is 10.1. The molecular formula is C11H10N2O5. The van der Waals surface area contributed by atoms with Gasteiger partial charge < -0.3 is 10.4 Å². The van der Waals surface area contributed by atoms with Crippen LogP contribution in [0.5, 0.6) is 0 Å². The van der Waals surface area contributed by atoms with Crippen molar-refractivity contribution in [3.05, 3.63) is 33.9 Å². The van der Waals surface area contributed by atoms with Crippen LogP contribution in [0, 0.1) is 16.0 Å². The van der Waals surface area contributed by atoms with Crippen molar-refractivity contribution >= 4 is 23.3 Å². The maximum atomic E-state index is 11.5. The van der Waals surface area contributed by atoms with E-state index in [4.69, 9.17) is 5.11 Å². The van der Waals surface area contributed by atoms with Crippen LogP contribution in [0.25, 0.3) is 0 Å². The number of carboxylic acids is 1. The fourth-order valence-corrected chi connectivity index (χ4v) is 1.51. The van der Waals surface area contributed by atoms with Gasteiger partial charge in [-0.1, -0.05) is 0 Å². The summed E-state index contributed by atoms with van der Waals surface area (Å²) in [5.74, 6) is -1.63. The van der Waals surface area contributed by atoms with Crippen molar-refractivity contribution in [2.45, 2.75) is 12.8 Å². The smallest absolute Gasteiger partial charge is 0.338 e. The molecule has 2 rings (SSSR count). The first-order chi connectivity index (χ1) is 8.49. The Hall–Kier alpha value is -2.44. The number of nitro groups is 1. The molecule has 1 aliphatic rings. The number of rotatable bonds is 4. The van der Waals surface area contributed by atoms with Crippen molar-refractivity contribution < 1.29 is 19.6 Å². The molecule has 1 aromatic carbocycles. The number of nitrogens with one attached hydrogen (secondary N) is 1. The molecule has 0 unspecified atom stereocenters. The maximum Gasteiger partial charge on any atom is 0.338 e. The summed E-state index contributed by atoms with van der Waals surface area (Å²) >= 11 is 0. The highest BCUT2D eigenvalue weighted by atomic mass is 16.6. The van der Waals surface area contributed by atoms with Gasteiger partial charge in [0, 0.05) is 18.1 Å². The van der Waals surface area contributed by atoms with Gasteiger partial charge in [-0.05, 0) is 18.9 Å². The third-order valence-electron chi connectivity index (χ3n) is 2.65.